The van der Waals surface area contributed by atoms with Crippen LogP contribution >= 0.6 is 11.6 Å². The third kappa shape index (κ3) is 6.39. The summed E-state index contributed by atoms with van der Waals surface area (Å²) in [7, 11) is 2.09. The van der Waals surface area contributed by atoms with Crippen LogP contribution in [0.1, 0.15) is 13.8 Å². The summed E-state index contributed by atoms with van der Waals surface area (Å²) in [4.78, 5) is 2.25. The molecule has 0 aromatic carbocycles. The summed E-state index contributed by atoms with van der Waals surface area (Å²) in [5.41, 5.74) is 1.09. The first-order chi connectivity index (χ1) is 5.06. The molecule has 0 bridgehead atoms. The lowest BCUT2D eigenvalue weighted by atomic mass is 10.2. The summed E-state index contributed by atoms with van der Waals surface area (Å²) in [6.45, 7) is 10.3. The van der Waals surface area contributed by atoms with Gasteiger partial charge < -0.3 is 4.90 Å². The van der Waals surface area contributed by atoms with Crippen molar-refractivity contribution in [3.8, 4) is 0 Å². The fraction of sp³-hybridized carbons (Fsp3) is 0.778. The van der Waals surface area contributed by atoms with E-state index in [0.29, 0.717) is 11.8 Å². The van der Waals surface area contributed by atoms with Gasteiger partial charge in [0, 0.05) is 19.0 Å². The molecule has 0 unspecified atom stereocenters. The van der Waals surface area contributed by atoms with Gasteiger partial charge in [0.1, 0.15) is 0 Å². The number of hydrogen-bond acceptors (Lipinski definition) is 1. The lowest BCUT2D eigenvalue weighted by Crippen LogP contribution is -2.25. The number of halogens is 1. The molecule has 0 rings (SSSR count). The van der Waals surface area contributed by atoms with Gasteiger partial charge in [-0.15, -0.1) is 11.6 Å². The molecule has 0 fully saturated rings. The van der Waals surface area contributed by atoms with Gasteiger partial charge in [0.05, 0.1) is 0 Å². The maximum atomic E-state index is 5.61. The normalized spacial score (nSPS) is 11.1. The van der Waals surface area contributed by atoms with E-state index in [1.165, 1.54) is 0 Å². The maximum Gasteiger partial charge on any atom is 0.0443 e. The monoisotopic (exact) mass is 175 g/mol. The van der Waals surface area contributed by atoms with E-state index in [0.717, 1.165) is 18.7 Å². The van der Waals surface area contributed by atoms with Crippen LogP contribution in [-0.4, -0.2) is 30.9 Å². The van der Waals surface area contributed by atoms with Gasteiger partial charge in [-0.2, -0.15) is 0 Å². The second-order valence-corrected chi connectivity index (χ2v) is 3.74. The van der Waals surface area contributed by atoms with E-state index in [1.54, 1.807) is 0 Å². The van der Waals surface area contributed by atoms with Gasteiger partial charge in [0.15, 0.2) is 0 Å². The minimum absolute atomic E-state index is 0.572. The van der Waals surface area contributed by atoms with Crippen LogP contribution < -0.4 is 0 Å². The van der Waals surface area contributed by atoms with Crippen LogP contribution in [-0.2, 0) is 0 Å². The second kappa shape index (κ2) is 5.62. The zero-order chi connectivity index (χ0) is 8.85. The Bertz CT molecular complexity index is 121. The summed E-state index contributed by atoms with van der Waals surface area (Å²) in [5, 5.41) is 0. The molecule has 0 radical (unpaired) electrons. The van der Waals surface area contributed by atoms with Crippen LogP contribution in [0.25, 0.3) is 0 Å². The molecule has 1 nitrogen and oxygen atoms in total. The highest BCUT2D eigenvalue weighted by Gasteiger charge is 2.02. The molecule has 0 amide bonds. The van der Waals surface area contributed by atoms with Crippen molar-refractivity contribution < 1.29 is 0 Å². The highest BCUT2D eigenvalue weighted by Crippen LogP contribution is 2.00. The highest BCUT2D eigenvalue weighted by atomic mass is 35.5. The third-order valence-corrected chi connectivity index (χ3v) is 1.74. The topological polar surface area (TPSA) is 3.24 Å². The third-order valence-electron chi connectivity index (χ3n) is 1.36. The molecular weight excluding hydrogens is 158 g/mol. The van der Waals surface area contributed by atoms with E-state index < -0.39 is 0 Å². The number of rotatable bonds is 5. The Morgan fingerprint density at radius 1 is 1.55 bits per heavy atom. The van der Waals surface area contributed by atoms with Crippen molar-refractivity contribution in [2.45, 2.75) is 13.8 Å². The molecule has 0 spiro atoms. The van der Waals surface area contributed by atoms with E-state index in [2.05, 4.69) is 32.4 Å². The minimum atomic E-state index is 0.572. The first kappa shape index (κ1) is 11.0. The molecule has 0 saturated carbocycles. The Labute approximate surface area is 75.0 Å². The average molecular weight is 176 g/mol. The summed E-state index contributed by atoms with van der Waals surface area (Å²) >= 11 is 5.61. The van der Waals surface area contributed by atoms with Gasteiger partial charge in [-0.05, 0) is 18.5 Å². The summed E-state index contributed by atoms with van der Waals surface area (Å²) in [6.07, 6.45) is 0. The van der Waals surface area contributed by atoms with Crippen molar-refractivity contribution in [2.24, 2.45) is 5.92 Å². The van der Waals surface area contributed by atoms with E-state index >= 15 is 0 Å². The van der Waals surface area contributed by atoms with E-state index in [1.807, 2.05) is 0 Å². The van der Waals surface area contributed by atoms with E-state index in [9.17, 15) is 0 Å². The Kier molecular flexibility index (Phi) is 5.61. The second-order valence-electron chi connectivity index (χ2n) is 3.47. The van der Waals surface area contributed by atoms with Gasteiger partial charge in [0.2, 0.25) is 0 Å². The van der Waals surface area contributed by atoms with Crippen LogP contribution in [0.3, 0.4) is 0 Å². The first-order valence-electron chi connectivity index (χ1n) is 3.97. The number of alkyl halides is 1. The Balaban J connectivity index is 3.51. The summed E-state index contributed by atoms with van der Waals surface area (Å²) in [6, 6.07) is 0. The fourth-order valence-electron chi connectivity index (χ4n) is 1.11. The smallest absolute Gasteiger partial charge is 0.0443 e. The summed E-state index contributed by atoms with van der Waals surface area (Å²) in [5.74, 6) is 1.28. The molecule has 11 heavy (non-hydrogen) atoms. The van der Waals surface area contributed by atoms with Crippen LogP contribution in [0.15, 0.2) is 12.2 Å². The van der Waals surface area contributed by atoms with Crippen molar-refractivity contribution in [2.75, 3.05) is 26.0 Å². The largest absolute Gasteiger partial charge is 0.302 e. The zero-order valence-electron chi connectivity index (χ0n) is 7.73. The quantitative estimate of drug-likeness (QED) is 0.458. The zero-order valence-corrected chi connectivity index (χ0v) is 8.49. The molecule has 0 aliphatic carbocycles. The van der Waals surface area contributed by atoms with Crippen molar-refractivity contribution in [3.05, 3.63) is 12.2 Å². The van der Waals surface area contributed by atoms with Crippen LogP contribution in [0.2, 0.25) is 0 Å². The molecule has 66 valence electrons. The fourth-order valence-corrected chi connectivity index (χ4v) is 1.20. The molecule has 0 saturated heterocycles. The molecule has 0 aliphatic heterocycles. The van der Waals surface area contributed by atoms with Crippen molar-refractivity contribution in [1.29, 1.82) is 0 Å². The summed E-state index contributed by atoms with van der Waals surface area (Å²) < 4.78 is 0. The lowest BCUT2D eigenvalue weighted by molar-refractivity contribution is 0.318. The van der Waals surface area contributed by atoms with Gasteiger partial charge in [-0.25, -0.2) is 0 Å². The number of nitrogens with zero attached hydrogens (tertiary/aromatic N) is 1. The standard InChI is InChI=1S/C9H18ClN/c1-8(2)6-11(4)7-9(3)5-10/h8H,3,5-7H2,1-2,4H3. The highest BCUT2D eigenvalue weighted by molar-refractivity contribution is 6.19. The maximum absolute atomic E-state index is 5.61. The average Bonchev–Trinajstić information content (AvgIpc) is 1.85. The van der Waals surface area contributed by atoms with Crippen LogP contribution in [0, 0.1) is 5.92 Å². The van der Waals surface area contributed by atoms with Crippen molar-refractivity contribution in [3.63, 3.8) is 0 Å². The van der Waals surface area contributed by atoms with Crippen LogP contribution in [0.5, 0.6) is 0 Å². The SMILES string of the molecule is C=C(CCl)CN(C)CC(C)C. The molecule has 2 heteroatoms. The first-order valence-corrected chi connectivity index (χ1v) is 4.51. The Hall–Kier alpha value is -0.0100. The number of likely N-dealkylation sites (N-methyl/N-ethyl adjacent to an activating group) is 1. The molecule has 0 N–H and O–H groups in total. The minimum Gasteiger partial charge on any atom is -0.302 e. The van der Waals surface area contributed by atoms with Gasteiger partial charge in [0.25, 0.3) is 0 Å². The molecule has 0 aromatic heterocycles. The Morgan fingerprint density at radius 3 is 2.45 bits per heavy atom. The van der Waals surface area contributed by atoms with E-state index in [4.69, 9.17) is 11.6 Å². The molecule has 0 aromatic rings. The predicted molar refractivity (Wildman–Crippen MR) is 52.2 cm³/mol. The predicted octanol–water partition coefficient (Wildman–Crippen LogP) is 2.37. The van der Waals surface area contributed by atoms with Crippen LogP contribution in [0.4, 0.5) is 0 Å². The molecule has 0 aliphatic rings. The Morgan fingerprint density at radius 2 is 2.09 bits per heavy atom. The van der Waals surface area contributed by atoms with Crippen molar-refractivity contribution >= 4 is 11.6 Å². The van der Waals surface area contributed by atoms with Crippen molar-refractivity contribution in [1.82, 2.24) is 4.90 Å². The molecule has 0 atom stereocenters. The molecular formula is C9H18ClN. The van der Waals surface area contributed by atoms with Gasteiger partial charge in [-0.1, -0.05) is 20.4 Å². The van der Waals surface area contributed by atoms with Gasteiger partial charge in [-0.3, -0.25) is 0 Å². The number of hydrogen-bond donors (Lipinski definition) is 0. The lowest BCUT2D eigenvalue weighted by Gasteiger charge is -2.18. The molecule has 0 heterocycles. The van der Waals surface area contributed by atoms with Gasteiger partial charge >= 0.3 is 0 Å². The van der Waals surface area contributed by atoms with E-state index in [-0.39, 0.29) is 0 Å².